The standard InChI is InChI=1S/C21H20N4O3S/c1-2-13-3-5-14(6-4-13)18-12-29-21(23-18)24-20(26)15-7-10-17(22-16-8-9-16)19(11-15)25(27)28/h3-7,10-12,16,22H,2,8-9H2,1H3,(H,23,24,26). The Hall–Kier alpha value is -3.26. The topological polar surface area (TPSA) is 97.2 Å². The van der Waals surface area contributed by atoms with Crippen LogP contribution < -0.4 is 10.6 Å². The van der Waals surface area contributed by atoms with Crippen molar-refractivity contribution in [3.05, 3.63) is 69.1 Å². The van der Waals surface area contributed by atoms with E-state index in [-0.39, 0.29) is 17.3 Å². The molecule has 2 aromatic carbocycles. The third kappa shape index (κ3) is 4.43. The molecule has 4 rings (SSSR count). The minimum atomic E-state index is -0.469. The van der Waals surface area contributed by atoms with Gasteiger partial charge in [-0.25, -0.2) is 4.98 Å². The third-order valence-corrected chi connectivity index (χ3v) is 5.53. The molecule has 3 aromatic rings. The summed E-state index contributed by atoms with van der Waals surface area (Å²) in [5, 5.41) is 19.6. The zero-order valence-corrected chi connectivity index (χ0v) is 16.7. The van der Waals surface area contributed by atoms with Crippen LogP contribution in [0.25, 0.3) is 11.3 Å². The molecular weight excluding hydrogens is 388 g/mol. The molecule has 2 N–H and O–H groups in total. The molecular formula is C21H20N4O3S. The van der Waals surface area contributed by atoms with Crippen molar-refractivity contribution in [2.75, 3.05) is 10.6 Å². The lowest BCUT2D eigenvalue weighted by Gasteiger charge is -2.07. The summed E-state index contributed by atoms with van der Waals surface area (Å²) in [6, 6.07) is 12.9. The second kappa shape index (κ2) is 8.00. The van der Waals surface area contributed by atoms with Gasteiger partial charge in [-0.2, -0.15) is 0 Å². The Labute approximate surface area is 172 Å². The molecule has 1 saturated carbocycles. The van der Waals surface area contributed by atoms with Gasteiger partial charge in [-0.3, -0.25) is 20.2 Å². The van der Waals surface area contributed by atoms with Gasteiger partial charge in [0.2, 0.25) is 0 Å². The molecule has 0 radical (unpaired) electrons. The predicted octanol–water partition coefficient (Wildman–Crippen LogP) is 5.11. The smallest absolute Gasteiger partial charge is 0.293 e. The molecule has 1 aliphatic rings. The van der Waals surface area contributed by atoms with E-state index >= 15 is 0 Å². The van der Waals surface area contributed by atoms with Crippen molar-refractivity contribution in [1.29, 1.82) is 0 Å². The quantitative estimate of drug-likeness (QED) is 0.418. The van der Waals surface area contributed by atoms with Crippen LogP contribution in [0, 0.1) is 10.1 Å². The van der Waals surface area contributed by atoms with Crippen molar-refractivity contribution in [3.63, 3.8) is 0 Å². The number of amides is 1. The van der Waals surface area contributed by atoms with E-state index in [0.717, 1.165) is 30.5 Å². The van der Waals surface area contributed by atoms with Gasteiger partial charge >= 0.3 is 0 Å². The second-order valence-electron chi connectivity index (χ2n) is 6.95. The van der Waals surface area contributed by atoms with Crippen LogP contribution in [0.15, 0.2) is 47.8 Å². The van der Waals surface area contributed by atoms with Crippen molar-refractivity contribution >= 4 is 33.8 Å². The first-order chi connectivity index (χ1) is 14.0. The molecule has 0 unspecified atom stereocenters. The Morgan fingerprint density at radius 3 is 2.66 bits per heavy atom. The number of nitrogens with one attached hydrogen (secondary N) is 2. The van der Waals surface area contributed by atoms with Gasteiger partial charge in [0.15, 0.2) is 5.13 Å². The van der Waals surface area contributed by atoms with Gasteiger partial charge in [-0.1, -0.05) is 31.2 Å². The van der Waals surface area contributed by atoms with Gasteiger partial charge < -0.3 is 5.32 Å². The van der Waals surface area contributed by atoms with E-state index in [1.165, 1.54) is 23.0 Å². The lowest BCUT2D eigenvalue weighted by molar-refractivity contribution is -0.384. The summed E-state index contributed by atoms with van der Waals surface area (Å²) in [4.78, 5) is 28.0. The van der Waals surface area contributed by atoms with Crippen molar-refractivity contribution in [2.24, 2.45) is 0 Å². The van der Waals surface area contributed by atoms with Crippen LogP contribution in [-0.2, 0) is 6.42 Å². The fourth-order valence-electron chi connectivity index (χ4n) is 2.94. The van der Waals surface area contributed by atoms with E-state index in [4.69, 9.17) is 0 Å². The number of hydrogen-bond acceptors (Lipinski definition) is 6. The van der Waals surface area contributed by atoms with Gasteiger partial charge in [0.25, 0.3) is 11.6 Å². The van der Waals surface area contributed by atoms with Gasteiger partial charge in [0, 0.05) is 28.6 Å². The number of nitro groups is 1. The Balaban J connectivity index is 1.49. The molecule has 7 nitrogen and oxygen atoms in total. The Morgan fingerprint density at radius 1 is 1.24 bits per heavy atom. The first kappa shape index (κ1) is 19.1. The van der Waals surface area contributed by atoms with Crippen LogP contribution in [0.2, 0.25) is 0 Å². The zero-order chi connectivity index (χ0) is 20.4. The van der Waals surface area contributed by atoms with Crippen molar-refractivity contribution in [3.8, 4) is 11.3 Å². The molecule has 1 aliphatic carbocycles. The van der Waals surface area contributed by atoms with Crippen LogP contribution in [-0.4, -0.2) is 21.9 Å². The van der Waals surface area contributed by atoms with Crippen LogP contribution in [0.5, 0.6) is 0 Å². The number of thiazole rings is 1. The molecule has 1 aromatic heterocycles. The number of hydrogen-bond donors (Lipinski definition) is 2. The van der Waals surface area contributed by atoms with E-state index < -0.39 is 10.8 Å². The number of aryl methyl sites for hydroxylation is 1. The minimum absolute atomic E-state index is 0.0969. The molecule has 148 valence electrons. The first-order valence-electron chi connectivity index (χ1n) is 9.44. The molecule has 1 heterocycles. The normalized spacial score (nSPS) is 13.1. The number of nitrogens with zero attached hydrogens (tertiary/aromatic N) is 2. The number of aromatic nitrogens is 1. The molecule has 1 amide bonds. The molecule has 0 bridgehead atoms. The van der Waals surface area contributed by atoms with Crippen molar-refractivity contribution in [2.45, 2.75) is 32.2 Å². The van der Waals surface area contributed by atoms with Crippen LogP contribution >= 0.6 is 11.3 Å². The second-order valence-corrected chi connectivity index (χ2v) is 7.81. The molecule has 0 atom stereocenters. The maximum atomic E-state index is 12.6. The monoisotopic (exact) mass is 408 g/mol. The first-order valence-corrected chi connectivity index (χ1v) is 10.3. The molecule has 29 heavy (non-hydrogen) atoms. The molecule has 8 heteroatoms. The van der Waals surface area contributed by atoms with Gasteiger partial charge in [0.1, 0.15) is 5.69 Å². The number of anilines is 2. The Kier molecular flexibility index (Phi) is 5.26. The minimum Gasteiger partial charge on any atom is -0.377 e. The van der Waals surface area contributed by atoms with E-state index in [2.05, 4.69) is 34.7 Å². The Morgan fingerprint density at radius 2 is 2.00 bits per heavy atom. The summed E-state index contributed by atoms with van der Waals surface area (Å²) in [7, 11) is 0. The summed E-state index contributed by atoms with van der Waals surface area (Å²) in [5.41, 5.74) is 3.58. The summed E-state index contributed by atoms with van der Waals surface area (Å²) < 4.78 is 0. The van der Waals surface area contributed by atoms with Gasteiger partial charge in [0.05, 0.1) is 10.6 Å². The van der Waals surface area contributed by atoms with Crippen molar-refractivity contribution in [1.82, 2.24) is 4.98 Å². The molecule has 0 spiro atoms. The maximum Gasteiger partial charge on any atom is 0.293 e. The number of rotatable bonds is 7. The lowest BCUT2D eigenvalue weighted by Crippen LogP contribution is -2.13. The van der Waals surface area contributed by atoms with Crippen molar-refractivity contribution < 1.29 is 9.72 Å². The maximum absolute atomic E-state index is 12.6. The van der Waals surface area contributed by atoms with E-state index in [9.17, 15) is 14.9 Å². The highest BCUT2D eigenvalue weighted by Gasteiger charge is 2.25. The SMILES string of the molecule is CCc1ccc(-c2csc(NC(=O)c3ccc(NC4CC4)c([N+](=O)[O-])c3)n2)cc1. The summed E-state index contributed by atoms with van der Waals surface area (Å²) in [6.07, 6.45) is 2.99. The Bertz CT molecular complexity index is 1060. The fourth-order valence-corrected chi connectivity index (χ4v) is 3.65. The van der Waals surface area contributed by atoms with Gasteiger partial charge in [-0.05, 0) is 37.0 Å². The summed E-state index contributed by atoms with van der Waals surface area (Å²) in [5.74, 6) is -0.423. The highest BCUT2D eigenvalue weighted by Crippen LogP contribution is 2.32. The van der Waals surface area contributed by atoms with Crippen LogP contribution in [0.1, 0.15) is 35.7 Å². The lowest BCUT2D eigenvalue weighted by atomic mass is 10.1. The highest BCUT2D eigenvalue weighted by atomic mass is 32.1. The molecule has 1 fully saturated rings. The summed E-state index contributed by atoms with van der Waals surface area (Å²) in [6.45, 7) is 2.10. The number of nitro benzene ring substituents is 1. The number of benzene rings is 2. The summed E-state index contributed by atoms with van der Waals surface area (Å²) >= 11 is 1.32. The van der Waals surface area contributed by atoms with Crippen LogP contribution in [0.4, 0.5) is 16.5 Å². The predicted molar refractivity (Wildman–Crippen MR) is 115 cm³/mol. The zero-order valence-electron chi connectivity index (χ0n) is 15.8. The number of carbonyl (C=O) groups is 1. The molecule has 0 saturated heterocycles. The van der Waals surface area contributed by atoms with Gasteiger partial charge in [-0.15, -0.1) is 11.3 Å². The third-order valence-electron chi connectivity index (χ3n) is 4.78. The number of carbonyl (C=O) groups excluding carboxylic acids is 1. The largest absolute Gasteiger partial charge is 0.377 e. The highest BCUT2D eigenvalue weighted by molar-refractivity contribution is 7.14. The van der Waals surface area contributed by atoms with E-state index in [1.54, 1.807) is 12.1 Å². The molecule has 0 aliphatic heterocycles. The fraction of sp³-hybridized carbons (Fsp3) is 0.238. The van der Waals surface area contributed by atoms with E-state index in [1.807, 2.05) is 17.5 Å². The van der Waals surface area contributed by atoms with E-state index in [0.29, 0.717) is 10.8 Å². The van der Waals surface area contributed by atoms with Crippen LogP contribution in [0.3, 0.4) is 0 Å². The average Bonchev–Trinajstić information content (AvgIpc) is 3.43. The average molecular weight is 408 g/mol.